The molecule has 9 heteroatoms. The maximum Gasteiger partial charge on any atom is 0.410 e. The number of nitrogens with one attached hydrogen (secondary N) is 1. The van der Waals surface area contributed by atoms with E-state index in [1.54, 1.807) is 11.0 Å². The highest BCUT2D eigenvalue weighted by molar-refractivity contribution is 5.90. The van der Waals surface area contributed by atoms with Crippen LogP contribution in [0.2, 0.25) is 0 Å². The summed E-state index contributed by atoms with van der Waals surface area (Å²) in [5.74, 6) is -0.363. The number of H-pyrrole nitrogens is 1. The Labute approximate surface area is 164 Å². The minimum atomic E-state index is -0.584. The molecule has 154 valence electrons. The van der Waals surface area contributed by atoms with E-state index in [4.69, 9.17) is 10.5 Å². The van der Waals surface area contributed by atoms with Gasteiger partial charge in [-0.3, -0.25) is 19.6 Å². The average molecular weight is 391 g/mol. The zero-order chi connectivity index (χ0) is 20.5. The van der Waals surface area contributed by atoms with Crippen LogP contribution in [0.25, 0.3) is 0 Å². The monoisotopic (exact) mass is 391 g/mol. The molecule has 0 radical (unpaired) electrons. The van der Waals surface area contributed by atoms with Crippen LogP contribution in [0.15, 0.2) is 6.07 Å². The van der Waals surface area contributed by atoms with Crippen molar-refractivity contribution in [2.45, 2.75) is 64.0 Å². The second-order valence-electron chi connectivity index (χ2n) is 8.50. The number of piperidine rings is 1. The summed E-state index contributed by atoms with van der Waals surface area (Å²) in [7, 11) is 0. The van der Waals surface area contributed by atoms with E-state index in [0.717, 1.165) is 25.0 Å². The first-order chi connectivity index (χ1) is 13.2. The summed E-state index contributed by atoms with van der Waals surface area (Å²) in [6.07, 6.45) is 2.59. The third kappa shape index (κ3) is 4.45. The lowest BCUT2D eigenvalue weighted by Gasteiger charge is -2.35. The van der Waals surface area contributed by atoms with E-state index in [9.17, 15) is 14.4 Å². The molecule has 0 saturated carbocycles. The number of rotatable bonds is 3. The molecule has 1 aromatic rings. The predicted molar refractivity (Wildman–Crippen MR) is 102 cm³/mol. The molecule has 0 bridgehead atoms. The third-order valence-electron chi connectivity index (χ3n) is 5.26. The molecule has 2 aliphatic heterocycles. The molecule has 1 unspecified atom stereocenters. The molecule has 3 heterocycles. The van der Waals surface area contributed by atoms with Crippen molar-refractivity contribution in [3.63, 3.8) is 0 Å². The van der Waals surface area contributed by atoms with Gasteiger partial charge in [0.15, 0.2) is 0 Å². The van der Waals surface area contributed by atoms with Gasteiger partial charge in [0.25, 0.3) is 5.91 Å². The molecule has 1 atom stereocenters. The van der Waals surface area contributed by atoms with Gasteiger partial charge in [-0.15, -0.1) is 0 Å². The zero-order valence-corrected chi connectivity index (χ0v) is 16.7. The van der Waals surface area contributed by atoms with Crippen molar-refractivity contribution in [1.82, 2.24) is 20.0 Å². The van der Waals surface area contributed by atoms with Crippen molar-refractivity contribution in [3.8, 4) is 0 Å². The standard InChI is InChI=1S/C19H29N5O4/c1-19(2,3)28-18(27)24-8-4-5-15(24)17(26)23-9-6-12(7-10-23)13-11-14(16(20)25)22-21-13/h11-12,15H,4-10H2,1-3H3,(H2,20,25)(H,21,22). The molecule has 9 nitrogen and oxygen atoms in total. The number of hydrogen-bond acceptors (Lipinski definition) is 5. The van der Waals surface area contributed by atoms with Crippen molar-refractivity contribution in [3.05, 3.63) is 17.5 Å². The number of nitrogens with zero attached hydrogens (tertiary/aromatic N) is 3. The van der Waals surface area contributed by atoms with E-state index in [1.165, 1.54) is 0 Å². The second kappa shape index (κ2) is 7.81. The summed E-state index contributed by atoms with van der Waals surface area (Å²) in [6, 6.07) is 1.24. The van der Waals surface area contributed by atoms with Gasteiger partial charge >= 0.3 is 6.09 Å². The molecule has 3 rings (SSSR count). The van der Waals surface area contributed by atoms with Crippen molar-refractivity contribution in [2.24, 2.45) is 5.73 Å². The normalized spacial score (nSPS) is 21.0. The summed E-state index contributed by atoms with van der Waals surface area (Å²) in [5, 5.41) is 6.80. The fourth-order valence-electron chi connectivity index (χ4n) is 3.86. The Morgan fingerprint density at radius 3 is 2.43 bits per heavy atom. The number of primary amides is 1. The zero-order valence-electron chi connectivity index (χ0n) is 16.7. The Morgan fingerprint density at radius 1 is 1.18 bits per heavy atom. The molecule has 0 aromatic carbocycles. The number of hydrogen-bond donors (Lipinski definition) is 2. The maximum atomic E-state index is 13.0. The molecule has 3 N–H and O–H groups in total. The summed E-state index contributed by atoms with van der Waals surface area (Å²) in [5.41, 5.74) is 5.76. The van der Waals surface area contributed by atoms with Gasteiger partial charge in [0.2, 0.25) is 5.91 Å². The Bertz CT molecular complexity index is 746. The highest BCUT2D eigenvalue weighted by Crippen LogP contribution is 2.29. The Morgan fingerprint density at radius 2 is 1.86 bits per heavy atom. The third-order valence-corrected chi connectivity index (χ3v) is 5.26. The number of aromatic nitrogens is 2. The van der Waals surface area contributed by atoms with E-state index < -0.39 is 23.6 Å². The van der Waals surface area contributed by atoms with E-state index in [1.807, 2.05) is 25.7 Å². The molecule has 0 aliphatic carbocycles. The van der Waals surface area contributed by atoms with Crippen molar-refractivity contribution >= 4 is 17.9 Å². The van der Waals surface area contributed by atoms with Gasteiger partial charge in [-0.05, 0) is 52.5 Å². The number of likely N-dealkylation sites (tertiary alicyclic amines) is 2. The maximum absolute atomic E-state index is 13.0. The van der Waals surface area contributed by atoms with E-state index in [0.29, 0.717) is 26.1 Å². The largest absolute Gasteiger partial charge is 0.444 e. The molecule has 2 saturated heterocycles. The van der Waals surface area contributed by atoms with Crippen LogP contribution >= 0.6 is 0 Å². The summed E-state index contributed by atoms with van der Waals surface area (Å²) in [4.78, 5) is 40.0. The summed E-state index contributed by atoms with van der Waals surface area (Å²) >= 11 is 0. The number of aromatic amines is 1. The van der Waals surface area contributed by atoms with Crippen LogP contribution in [-0.4, -0.2) is 69.2 Å². The molecule has 0 spiro atoms. The molecule has 2 aliphatic rings. The van der Waals surface area contributed by atoms with Crippen LogP contribution < -0.4 is 5.73 Å². The Hall–Kier alpha value is -2.58. The van der Waals surface area contributed by atoms with E-state index in [-0.39, 0.29) is 17.5 Å². The summed E-state index contributed by atoms with van der Waals surface area (Å²) in [6.45, 7) is 7.22. The van der Waals surface area contributed by atoms with Gasteiger partial charge < -0.3 is 15.4 Å². The molecule has 28 heavy (non-hydrogen) atoms. The highest BCUT2D eigenvalue weighted by atomic mass is 16.6. The first-order valence-electron chi connectivity index (χ1n) is 9.79. The fraction of sp³-hybridized carbons (Fsp3) is 0.684. The topological polar surface area (TPSA) is 122 Å². The fourth-order valence-corrected chi connectivity index (χ4v) is 3.86. The molecule has 1 aromatic heterocycles. The number of carbonyl (C=O) groups excluding carboxylic acids is 3. The minimum Gasteiger partial charge on any atom is -0.444 e. The summed E-state index contributed by atoms with van der Waals surface area (Å²) < 4.78 is 5.45. The van der Waals surface area contributed by atoms with Gasteiger partial charge in [0, 0.05) is 31.2 Å². The molecule has 3 amide bonds. The number of amides is 3. The minimum absolute atomic E-state index is 0.00996. The van der Waals surface area contributed by atoms with E-state index >= 15 is 0 Å². The van der Waals surface area contributed by atoms with Crippen molar-refractivity contribution in [1.29, 1.82) is 0 Å². The second-order valence-corrected chi connectivity index (χ2v) is 8.50. The van der Waals surface area contributed by atoms with Crippen LogP contribution in [0.5, 0.6) is 0 Å². The van der Waals surface area contributed by atoms with Gasteiger partial charge in [-0.1, -0.05) is 0 Å². The smallest absolute Gasteiger partial charge is 0.410 e. The van der Waals surface area contributed by atoms with Crippen molar-refractivity contribution < 1.29 is 19.1 Å². The van der Waals surface area contributed by atoms with Gasteiger partial charge in [0.1, 0.15) is 17.3 Å². The van der Waals surface area contributed by atoms with Gasteiger partial charge in [-0.2, -0.15) is 5.10 Å². The van der Waals surface area contributed by atoms with Crippen molar-refractivity contribution in [2.75, 3.05) is 19.6 Å². The molecular formula is C19H29N5O4. The van der Waals surface area contributed by atoms with Crippen LogP contribution in [0, 0.1) is 0 Å². The van der Waals surface area contributed by atoms with Gasteiger partial charge in [0.05, 0.1) is 0 Å². The van der Waals surface area contributed by atoms with Crippen LogP contribution in [-0.2, 0) is 9.53 Å². The average Bonchev–Trinajstić information content (AvgIpc) is 3.29. The first kappa shape index (κ1) is 20.2. The van der Waals surface area contributed by atoms with E-state index in [2.05, 4.69) is 10.2 Å². The van der Waals surface area contributed by atoms with Crippen LogP contribution in [0.3, 0.4) is 0 Å². The van der Waals surface area contributed by atoms with Crippen LogP contribution in [0.1, 0.15) is 68.6 Å². The first-order valence-corrected chi connectivity index (χ1v) is 9.79. The molecular weight excluding hydrogens is 362 g/mol. The number of ether oxygens (including phenoxy) is 1. The Balaban J connectivity index is 1.58. The quantitative estimate of drug-likeness (QED) is 0.811. The van der Waals surface area contributed by atoms with Gasteiger partial charge in [-0.25, -0.2) is 4.79 Å². The lowest BCUT2D eigenvalue weighted by Crippen LogP contribution is -2.50. The lowest BCUT2D eigenvalue weighted by molar-refractivity contribution is -0.137. The highest BCUT2D eigenvalue weighted by Gasteiger charge is 2.39. The predicted octanol–water partition coefficient (Wildman–Crippen LogP) is 1.61. The number of nitrogens with two attached hydrogens (primary N) is 1. The molecule has 2 fully saturated rings. The van der Waals surface area contributed by atoms with Crippen LogP contribution in [0.4, 0.5) is 4.79 Å². The Kier molecular flexibility index (Phi) is 5.62. The lowest BCUT2D eigenvalue weighted by atomic mass is 9.93. The SMILES string of the molecule is CC(C)(C)OC(=O)N1CCCC1C(=O)N1CCC(c2cc(C(N)=O)n[nH]2)CC1. The number of carbonyl (C=O) groups is 3.